The van der Waals surface area contributed by atoms with Crippen LogP contribution in [0.2, 0.25) is 0 Å². The van der Waals surface area contributed by atoms with Gasteiger partial charge in [-0.05, 0) is 0 Å². The van der Waals surface area contributed by atoms with Crippen LogP contribution in [0.3, 0.4) is 0 Å². The van der Waals surface area contributed by atoms with Crippen LogP contribution in [0.5, 0.6) is 0 Å². The maximum atomic E-state index is 11.6. The van der Waals surface area contributed by atoms with E-state index in [4.69, 9.17) is 4.74 Å². The lowest BCUT2D eigenvalue weighted by Gasteiger charge is -2.26. The van der Waals surface area contributed by atoms with Crippen LogP contribution in [-0.4, -0.2) is 38.1 Å². The topological polar surface area (TPSA) is 105 Å². The van der Waals surface area contributed by atoms with Gasteiger partial charge in [-0.15, -0.1) is 5.73 Å². The van der Waals surface area contributed by atoms with Crippen LogP contribution in [0.25, 0.3) is 5.88 Å². The fourth-order valence-electron chi connectivity index (χ4n) is 1.74. The Bertz CT molecular complexity index is 680. The van der Waals surface area contributed by atoms with E-state index in [0.717, 1.165) is 10.6 Å². The first-order valence-corrected chi connectivity index (χ1v) is 5.41. The van der Waals surface area contributed by atoms with Gasteiger partial charge in [-0.3, -0.25) is 9.78 Å². The first kappa shape index (κ1) is 13.1. The molecule has 0 saturated heterocycles. The van der Waals surface area contributed by atoms with E-state index in [1.165, 1.54) is 18.3 Å². The van der Waals surface area contributed by atoms with Gasteiger partial charge in [-0.1, -0.05) is 6.58 Å². The molecular formula is C12H12N2O5. The monoisotopic (exact) mass is 264 g/mol. The largest absolute Gasteiger partial charge is 0.462 e. The quantitative estimate of drug-likeness (QED) is 0.595. The Morgan fingerprint density at radius 1 is 1.63 bits per heavy atom. The molecule has 1 aromatic rings. The first-order chi connectivity index (χ1) is 9.02. The zero-order chi connectivity index (χ0) is 14.0. The fourth-order valence-corrected chi connectivity index (χ4v) is 1.74. The molecule has 1 aliphatic heterocycles. The maximum absolute atomic E-state index is 11.6. The number of aromatic amines is 1. The number of aliphatic hydroxyl groups is 2. The molecule has 0 fully saturated rings. The van der Waals surface area contributed by atoms with E-state index in [-0.39, 0.29) is 5.88 Å². The molecule has 0 unspecified atom stereocenters. The SMILES string of the molecule is C=C=C[C@]1(CO)OC(n2ccc(=O)[nH]c2=O)=C[C@@H]1O. The predicted octanol–water partition coefficient (Wildman–Crippen LogP) is -1.20. The normalized spacial score (nSPS) is 25.4. The van der Waals surface area contributed by atoms with Gasteiger partial charge in [0.1, 0.15) is 6.10 Å². The Kier molecular flexibility index (Phi) is 3.26. The van der Waals surface area contributed by atoms with Gasteiger partial charge < -0.3 is 14.9 Å². The van der Waals surface area contributed by atoms with Crippen molar-refractivity contribution in [2.75, 3.05) is 6.61 Å². The van der Waals surface area contributed by atoms with Crippen LogP contribution in [0.15, 0.2) is 46.3 Å². The van der Waals surface area contributed by atoms with E-state index < -0.39 is 29.6 Å². The molecule has 0 saturated carbocycles. The van der Waals surface area contributed by atoms with Crippen molar-refractivity contribution in [2.45, 2.75) is 11.7 Å². The van der Waals surface area contributed by atoms with Gasteiger partial charge in [0.05, 0.1) is 6.61 Å². The summed E-state index contributed by atoms with van der Waals surface area (Å²) in [6.45, 7) is 2.84. The van der Waals surface area contributed by atoms with Gasteiger partial charge in [0.25, 0.3) is 5.56 Å². The van der Waals surface area contributed by atoms with Crippen molar-refractivity contribution in [3.8, 4) is 0 Å². The van der Waals surface area contributed by atoms with Crippen molar-refractivity contribution in [2.24, 2.45) is 0 Å². The van der Waals surface area contributed by atoms with E-state index in [0.29, 0.717) is 0 Å². The van der Waals surface area contributed by atoms with Crippen LogP contribution < -0.4 is 11.2 Å². The molecule has 7 heteroatoms. The van der Waals surface area contributed by atoms with E-state index in [1.54, 1.807) is 0 Å². The summed E-state index contributed by atoms with van der Waals surface area (Å²) in [5.74, 6) is 0.00861. The Morgan fingerprint density at radius 2 is 2.37 bits per heavy atom. The standard InChI is InChI=1S/C12H12N2O5/c1-2-4-12(7-15)8(16)6-10(19-12)14-5-3-9(17)13-11(14)18/h3-6,8,15-16H,1,7H2,(H,13,17,18)/t8-,12+/m0/s1. The second-order valence-corrected chi connectivity index (χ2v) is 3.99. The third-order valence-corrected chi connectivity index (χ3v) is 2.75. The smallest absolute Gasteiger partial charge is 0.335 e. The number of nitrogens with one attached hydrogen (secondary N) is 1. The lowest BCUT2D eigenvalue weighted by atomic mass is 9.99. The lowest BCUT2D eigenvalue weighted by Crippen LogP contribution is -2.41. The van der Waals surface area contributed by atoms with Gasteiger partial charge in [-0.25, -0.2) is 9.36 Å². The number of H-pyrrole nitrogens is 1. The number of nitrogens with zero attached hydrogens (tertiary/aromatic N) is 1. The average molecular weight is 264 g/mol. The lowest BCUT2D eigenvalue weighted by molar-refractivity contribution is -0.0336. The van der Waals surface area contributed by atoms with E-state index >= 15 is 0 Å². The summed E-state index contributed by atoms with van der Waals surface area (Å²) < 4.78 is 6.41. The molecule has 1 aromatic heterocycles. The van der Waals surface area contributed by atoms with Crippen molar-refractivity contribution in [3.63, 3.8) is 0 Å². The number of rotatable bonds is 3. The number of aliphatic hydroxyl groups excluding tert-OH is 2. The molecule has 0 radical (unpaired) electrons. The number of hydrogen-bond donors (Lipinski definition) is 3. The van der Waals surface area contributed by atoms with Crippen molar-refractivity contribution in [3.05, 3.63) is 57.6 Å². The molecule has 0 aliphatic carbocycles. The molecule has 0 bridgehead atoms. The summed E-state index contributed by atoms with van der Waals surface area (Å²) in [7, 11) is 0. The molecule has 0 amide bonds. The third kappa shape index (κ3) is 2.17. The minimum absolute atomic E-state index is 0.00861. The molecule has 2 rings (SSSR count). The van der Waals surface area contributed by atoms with Crippen LogP contribution in [-0.2, 0) is 4.74 Å². The zero-order valence-corrected chi connectivity index (χ0v) is 9.87. The summed E-state index contributed by atoms with van der Waals surface area (Å²) in [6, 6.07) is 1.14. The minimum atomic E-state index is -1.42. The maximum Gasteiger partial charge on any atom is 0.335 e. The second kappa shape index (κ2) is 4.74. The van der Waals surface area contributed by atoms with Gasteiger partial charge in [0.2, 0.25) is 5.88 Å². The van der Waals surface area contributed by atoms with Gasteiger partial charge in [-0.2, -0.15) is 0 Å². The van der Waals surface area contributed by atoms with Crippen molar-refractivity contribution >= 4 is 5.88 Å². The molecule has 1 aliphatic rings. The Labute approximate surface area is 107 Å². The molecule has 2 atom stereocenters. The Balaban J connectivity index is 2.45. The summed E-state index contributed by atoms with van der Waals surface area (Å²) in [5, 5.41) is 19.2. The summed E-state index contributed by atoms with van der Waals surface area (Å²) in [6.07, 6.45) is 2.58. The molecule has 2 heterocycles. The average Bonchev–Trinajstić information content (AvgIpc) is 2.67. The van der Waals surface area contributed by atoms with E-state index in [1.807, 2.05) is 0 Å². The Morgan fingerprint density at radius 3 is 2.95 bits per heavy atom. The molecule has 100 valence electrons. The van der Waals surface area contributed by atoms with Gasteiger partial charge in [0, 0.05) is 24.4 Å². The van der Waals surface area contributed by atoms with Gasteiger partial charge >= 0.3 is 5.69 Å². The van der Waals surface area contributed by atoms with Crippen LogP contribution >= 0.6 is 0 Å². The molecule has 7 nitrogen and oxygen atoms in total. The van der Waals surface area contributed by atoms with Crippen LogP contribution in [0.4, 0.5) is 0 Å². The fraction of sp³-hybridized carbons (Fsp3) is 0.250. The summed E-state index contributed by atoms with van der Waals surface area (Å²) >= 11 is 0. The minimum Gasteiger partial charge on any atom is -0.462 e. The third-order valence-electron chi connectivity index (χ3n) is 2.75. The molecule has 3 N–H and O–H groups in total. The van der Waals surface area contributed by atoms with Crippen LogP contribution in [0, 0.1) is 0 Å². The highest BCUT2D eigenvalue weighted by molar-refractivity contribution is 5.45. The van der Waals surface area contributed by atoms with Crippen molar-refractivity contribution < 1.29 is 14.9 Å². The van der Waals surface area contributed by atoms with Gasteiger partial charge in [0.15, 0.2) is 5.60 Å². The highest BCUT2D eigenvalue weighted by atomic mass is 16.5. The number of hydrogen-bond acceptors (Lipinski definition) is 5. The van der Waals surface area contributed by atoms with E-state index in [9.17, 15) is 19.8 Å². The van der Waals surface area contributed by atoms with Crippen LogP contribution in [0.1, 0.15) is 0 Å². The van der Waals surface area contributed by atoms with Crippen molar-refractivity contribution in [1.82, 2.24) is 9.55 Å². The highest BCUT2D eigenvalue weighted by Crippen LogP contribution is 2.31. The summed E-state index contributed by atoms with van der Waals surface area (Å²) in [4.78, 5) is 24.6. The Hall–Kier alpha value is -2.34. The molecular weight excluding hydrogens is 252 g/mol. The molecule has 0 aromatic carbocycles. The molecule has 0 spiro atoms. The highest BCUT2D eigenvalue weighted by Gasteiger charge is 2.43. The first-order valence-electron chi connectivity index (χ1n) is 5.41. The van der Waals surface area contributed by atoms with E-state index in [2.05, 4.69) is 17.3 Å². The second-order valence-electron chi connectivity index (χ2n) is 3.99. The zero-order valence-electron chi connectivity index (χ0n) is 9.87. The number of ether oxygens (including phenoxy) is 1. The summed E-state index contributed by atoms with van der Waals surface area (Å²) in [5.41, 5.74) is -0.243. The predicted molar refractivity (Wildman–Crippen MR) is 66.2 cm³/mol. The van der Waals surface area contributed by atoms with Crippen molar-refractivity contribution in [1.29, 1.82) is 0 Å². The number of aromatic nitrogens is 2. The molecule has 19 heavy (non-hydrogen) atoms.